The number of benzene rings is 2. The fourth-order valence-electron chi connectivity index (χ4n) is 2.60. The van der Waals surface area contributed by atoms with Crippen molar-refractivity contribution in [3.05, 3.63) is 59.3 Å². The number of rotatable bonds is 3. The van der Waals surface area contributed by atoms with Crippen LogP contribution in [0, 0.1) is 18.3 Å². The first-order valence-electron chi connectivity index (χ1n) is 7.11. The van der Waals surface area contributed by atoms with Crippen molar-refractivity contribution in [2.24, 2.45) is 0 Å². The number of carbonyl (C=O) groups excluding carboxylic acids is 1. The number of fused-ring (bicyclic) bond motifs is 1. The van der Waals surface area contributed by atoms with Crippen molar-refractivity contribution < 1.29 is 9.53 Å². The Morgan fingerprint density at radius 3 is 2.78 bits per heavy atom. The Hall–Kier alpha value is -3.26. The molecule has 1 amide bonds. The Balaban J connectivity index is 2.04. The van der Waals surface area contributed by atoms with Gasteiger partial charge in [-0.3, -0.25) is 4.79 Å². The first-order chi connectivity index (χ1) is 11.1. The molecule has 0 bridgehead atoms. The zero-order valence-corrected chi connectivity index (χ0v) is 12.8. The van der Waals surface area contributed by atoms with Gasteiger partial charge in [0.2, 0.25) is 0 Å². The molecule has 3 aromatic rings. The molecular formula is C18H15N3O2. The highest BCUT2D eigenvalue weighted by atomic mass is 16.5. The topological polar surface area (TPSA) is 77.9 Å². The fraction of sp³-hybridized carbons (Fsp3) is 0.111. The quantitative estimate of drug-likeness (QED) is 0.776. The number of nitriles is 1. The summed E-state index contributed by atoms with van der Waals surface area (Å²) in [7, 11) is 1.59. The van der Waals surface area contributed by atoms with Crippen LogP contribution in [0.15, 0.2) is 42.5 Å². The largest absolute Gasteiger partial charge is 0.497 e. The summed E-state index contributed by atoms with van der Waals surface area (Å²) in [5.74, 6) is 0.424. The molecule has 0 atom stereocenters. The molecule has 5 heteroatoms. The van der Waals surface area contributed by atoms with E-state index in [-0.39, 0.29) is 5.91 Å². The highest BCUT2D eigenvalue weighted by molar-refractivity contribution is 6.14. The summed E-state index contributed by atoms with van der Waals surface area (Å²) in [6, 6.07) is 14.5. The van der Waals surface area contributed by atoms with Crippen molar-refractivity contribution in [1.29, 1.82) is 5.26 Å². The molecule has 1 aromatic heterocycles. The van der Waals surface area contributed by atoms with Crippen LogP contribution in [0.4, 0.5) is 5.69 Å². The van der Waals surface area contributed by atoms with Gasteiger partial charge in [0.05, 0.1) is 23.9 Å². The number of amides is 1. The third kappa shape index (κ3) is 2.62. The van der Waals surface area contributed by atoms with E-state index >= 15 is 0 Å². The Morgan fingerprint density at radius 1 is 1.26 bits per heavy atom. The maximum atomic E-state index is 12.7. The SMILES string of the molecule is COc1ccc2[nH]c(C)c(C(=O)Nc3ccccc3C#N)c2c1. The summed E-state index contributed by atoms with van der Waals surface area (Å²) in [6.45, 7) is 1.84. The fourth-order valence-corrected chi connectivity index (χ4v) is 2.60. The second-order valence-corrected chi connectivity index (χ2v) is 5.15. The number of aromatic nitrogens is 1. The van der Waals surface area contributed by atoms with Gasteiger partial charge in [0.1, 0.15) is 11.8 Å². The van der Waals surface area contributed by atoms with E-state index in [0.717, 1.165) is 16.6 Å². The molecule has 0 aliphatic carbocycles. The number of nitrogens with zero attached hydrogens (tertiary/aromatic N) is 1. The predicted octanol–water partition coefficient (Wildman–Crippen LogP) is 3.61. The average Bonchev–Trinajstić information content (AvgIpc) is 2.90. The lowest BCUT2D eigenvalue weighted by molar-refractivity contribution is 0.102. The van der Waals surface area contributed by atoms with E-state index in [1.807, 2.05) is 25.1 Å². The highest BCUT2D eigenvalue weighted by Crippen LogP contribution is 2.27. The molecule has 0 saturated carbocycles. The minimum absolute atomic E-state index is 0.260. The molecule has 2 N–H and O–H groups in total. The first kappa shape index (κ1) is 14.7. The van der Waals surface area contributed by atoms with Gasteiger partial charge in [-0.05, 0) is 37.3 Å². The molecule has 23 heavy (non-hydrogen) atoms. The van der Waals surface area contributed by atoms with E-state index < -0.39 is 0 Å². The Kier molecular flexibility index (Phi) is 3.73. The molecule has 1 heterocycles. The lowest BCUT2D eigenvalue weighted by Crippen LogP contribution is -2.13. The van der Waals surface area contributed by atoms with Gasteiger partial charge in [-0.25, -0.2) is 0 Å². The predicted molar refractivity (Wildman–Crippen MR) is 88.7 cm³/mol. The van der Waals surface area contributed by atoms with E-state index in [4.69, 9.17) is 10.00 Å². The lowest BCUT2D eigenvalue weighted by atomic mass is 10.1. The monoisotopic (exact) mass is 305 g/mol. The number of carbonyl (C=O) groups is 1. The van der Waals surface area contributed by atoms with Gasteiger partial charge in [-0.2, -0.15) is 5.26 Å². The first-order valence-corrected chi connectivity index (χ1v) is 7.11. The smallest absolute Gasteiger partial charge is 0.258 e. The normalized spacial score (nSPS) is 10.3. The van der Waals surface area contributed by atoms with Crippen LogP contribution < -0.4 is 10.1 Å². The molecule has 0 aliphatic heterocycles. The highest BCUT2D eigenvalue weighted by Gasteiger charge is 2.17. The zero-order valence-electron chi connectivity index (χ0n) is 12.8. The minimum Gasteiger partial charge on any atom is -0.497 e. The third-order valence-electron chi connectivity index (χ3n) is 3.72. The number of anilines is 1. The van der Waals surface area contributed by atoms with Gasteiger partial charge in [0.25, 0.3) is 5.91 Å². The summed E-state index contributed by atoms with van der Waals surface area (Å²) in [6.07, 6.45) is 0. The van der Waals surface area contributed by atoms with Crippen LogP contribution in [0.2, 0.25) is 0 Å². The molecule has 3 rings (SSSR count). The number of para-hydroxylation sites is 1. The van der Waals surface area contributed by atoms with E-state index in [9.17, 15) is 4.79 Å². The van der Waals surface area contributed by atoms with Crippen LogP contribution in [0.5, 0.6) is 5.75 Å². The number of nitrogens with one attached hydrogen (secondary N) is 2. The molecule has 0 saturated heterocycles. The van der Waals surface area contributed by atoms with Crippen LogP contribution in [0.3, 0.4) is 0 Å². The number of hydrogen-bond donors (Lipinski definition) is 2. The minimum atomic E-state index is -0.260. The maximum absolute atomic E-state index is 12.7. The Bertz CT molecular complexity index is 935. The molecule has 0 fully saturated rings. The molecule has 0 aliphatic rings. The maximum Gasteiger partial charge on any atom is 0.258 e. The molecule has 0 radical (unpaired) electrons. The zero-order chi connectivity index (χ0) is 16.4. The average molecular weight is 305 g/mol. The van der Waals surface area contributed by atoms with Crippen LogP contribution >= 0.6 is 0 Å². The second kappa shape index (κ2) is 5.85. The van der Waals surface area contributed by atoms with Gasteiger partial charge < -0.3 is 15.0 Å². The Morgan fingerprint density at radius 2 is 2.04 bits per heavy atom. The molecule has 2 aromatic carbocycles. The van der Waals surface area contributed by atoms with E-state index in [0.29, 0.717) is 22.6 Å². The van der Waals surface area contributed by atoms with Crippen LogP contribution in [0.1, 0.15) is 21.6 Å². The summed E-state index contributed by atoms with van der Waals surface area (Å²) in [5, 5.41) is 12.7. The van der Waals surface area contributed by atoms with Crippen LogP contribution in [0.25, 0.3) is 10.9 Å². The van der Waals surface area contributed by atoms with Crippen molar-refractivity contribution in [3.8, 4) is 11.8 Å². The molecule has 0 unspecified atom stereocenters. The molecule has 114 valence electrons. The van der Waals surface area contributed by atoms with Gasteiger partial charge in [0, 0.05) is 16.6 Å². The summed E-state index contributed by atoms with van der Waals surface area (Å²) in [5.41, 5.74) is 3.10. The second-order valence-electron chi connectivity index (χ2n) is 5.15. The van der Waals surface area contributed by atoms with E-state index in [1.54, 1.807) is 31.4 Å². The van der Waals surface area contributed by atoms with Gasteiger partial charge in [0.15, 0.2) is 0 Å². The van der Waals surface area contributed by atoms with Crippen LogP contribution in [-0.2, 0) is 0 Å². The number of aryl methyl sites for hydroxylation is 1. The van der Waals surface area contributed by atoms with Crippen molar-refractivity contribution in [1.82, 2.24) is 4.98 Å². The number of hydrogen-bond acceptors (Lipinski definition) is 3. The third-order valence-corrected chi connectivity index (χ3v) is 3.72. The van der Waals surface area contributed by atoms with E-state index in [2.05, 4.69) is 16.4 Å². The number of H-pyrrole nitrogens is 1. The summed E-state index contributed by atoms with van der Waals surface area (Å²) >= 11 is 0. The van der Waals surface area contributed by atoms with Gasteiger partial charge in [-0.1, -0.05) is 12.1 Å². The molecular weight excluding hydrogens is 290 g/mol. The number of ether oxygens (including phenoxy) is 1. The number of aromatic amines is 1. The standard InChI is InChI=1S/C18H15N3O2/c1-11-17(14-9-13(23-2)7-8-16(14)20-11)18(22)21-15-6-4-3-5-12(15)10-19/h3-9,20H,1-2H3,(H,21,22). The summed E-state index contributed by atoms with van der Waals surface area (Å²) < 4.78 is 5.23. The lowest BCUT2D eigenvalue weighted by Gasteiger charge is -2.07. The molecule has 0 spiro atoms. The van der Waals surface area contributed by atoms with Crippen molar-refractivity contribution in [2.45, 2.75) is 6.92 Å². The van der Waals surface area contributed by atoms with Gasteiger partial charge >= 0.3 is 0 Å². The van der Waals surface area contributed by atoms with Crippen molar-refractivity contribution in [3.63, 3.8) is 0 Å². The summed E-state index contributed by atoms with van der Waals surface area (Å²) in [4.78, 5) is 15.9. The van der Waals surface area contributed by atoms with Gasteiger partial charge in [-0.15, -0.1) is 0 Å². The van der Waals surface area contributed by atoms with Crippen molar-refractivity contribution >= 4 is 22.5 Å². The van der Waals surface area contributed by atoms with E-state index in [1.165, 1.54) is 0 Å². The van der Waals surface area contributed by atoms with Crippen molar-refractivity contribution in [2.75, 3.05) is 12.4 Å². The molecule has 5 nitrogen and oxygen atoms in total. The Labute approximate surface area is 133 Å². The number of methoxy groups -OCH3 is 1. The van der Waals surface area contributed by atoms with Crippen LogP contribution in [-0.4, -0.2) is 18.0 Å².